The molecule has 4 heterocycles. The average Bonchev–Trinajstić information content (AvgIpc) is 3.39. The van der Waals surface area contributed by atoms with Crippen molar-refractivity contribution in [3.8, 4) is 17.0 Å². The number of rotatable bonds is 5. The predicted molar refractivity (Wildman–Crippen MR) is 115 cm³/mol. The molecule has 1 N–H and O–H groups in total. The fourth-order valence-electron chi connectivity index (χ4n) is 4.25. The molecule has 0 atom stereocenters. The molecule has 0 unspecified atom stereocenters. The molecule has 0 saturated heterocycles. The van der Waals surface area contributed by atoms with Crippen molar-refractivity contribution in [2.24, 2.45) is 7.05 Å². The molecule has 5 rings (SSSR count). The normalized spacial score (nSPS) is 18.9. The number of aromatic nitrogens is 6. The molecule has 4 aromatic heterocycles. The van der Waals surface area contributed by atoms with Crippen molar-refractivity contribution >= 4 is 16.7 Å². The molecule has 0 spiro atoms. The Hall–Kier alpha value is -3.49. The zero-order valence-electron chi connectivity index (χ0n) is 17.5. The molecule has 31 heavy (non-hydrogen) atoms. The summed E-state index contributed by atoms with van der Waals surface area (Å²) >= 11 is 0. The standard InChI is InChI=1S/C22H24FN7O/c1-24-20-10-18-17(12-26-20)21(14-11-27-29(2)13-14)28-30(18)15-5-7-16(8-6-15)31-19-4-3-9-25-22(19)23/h3-4,9-13,15-16H,5-8H2,1-2H3,(H,24,26)/t15-,16+. The molecule has 1 aliphatic carbocycles. The van der Waals surface area contributed by atoms with Crippen LogP contribution in [-0.4, -0.2) is 42.7 Å². The fraction of sp³-hybridized carbons (Fsp3) is 0.364. The highest BCUT2D eigenvalue weighted by molar-refractivity contribution is 5.93. The van der Waals surface area contributed by atoms with Gasteiger partial charge in [0.05, 0.1) is 23.9 Å². The Labute approximate surface area is 179 Å². The first-order chi connectivity index (χ1) is 15.1. The van der Waals surface area contributed by atoms with Crippen LogP contribution in [0.2, 0.25) is 0 Å². The number of nitrogens with zero attached hydrogens (tertiary/aromatic N) is 6. The summed E-state index contributed by atoms with van der Waals surface area (Å²) in [7, 11) is 3.75. The Balaban J connectivity index is 1.42. The first-order valence-corrected chi connectivity index (χ1v) is 10.4. The van der Waals surface area contributed by atoms with Crippen LogP contribution in [0.1, 0.15) is 31.7 Å². The number of pyridine rings is 2. The van der Waals surface area contributed by atoms with Crippen molar-refractivity contribution < 1.29 is 9.13 Å². The van der Waals surface area contributed by atoms with Gasteiger partial charge in [-0.3, -0.25) is 9.36 Å². The van der Waals surface area contributed by atoms with Crippen molar-refractivity contribution in [2.45, 2.75) is 37.8 Å². The van der Waals surface area contributed by atoms with E-state index in [1.165, 1.54) is 6.20 Å². The van der Waals surface area contributed by atoms with E-state index >= 15 is 0 Å². The molecule has 160 valence electrons. The molecule has 0 amide bonds. The summed E-state index contributed by atoms with van der Waals surface area (Å²) in [6.45, 7) is 0. The molecule has 4 aromatic rings. The highest BCUT2D eigenvalue weighted by Gasteiger charge is 2.27. The maximum absolute atomic E-state index is 13.8. The van der Waals surface area contributed by atoms with E-state index < -0.39 is 5.95 Å². The van der Waals surface area contributed by atoms with Gasteiger partial charge in [-0.15, -0.1) is 0 Å². The third kappa shape index (κ3) is 3.71. The van der Waals surface area contributed by atoms with Gasteiger partial charge in [0.1, 0.15) is 11.5 Å². The van der Waals surface area contributed by atoms with E-state index in [4.69, 9.17) is 9.84 Å². The van der Waals surface area contributed by atoms with Gasteiger partial charge in [0, 0.05) is 49.7 Å². The minimum Gasteiger partial charge on any atom is -0.486 e. The average molecular weight is 421 g/mol. The van der Waals surface area contributed by atoms with E-state index in [9.17, 15) is 4.39 Å². The van der Waals surface area contributed by atoms with Crippen LogP contribution in [0.15, 0.2) is 43.0 Å². The van der Waals surface area contributed by atoms with E-state index in [0.29, 0.717) is 0 Å². The summed E-state index contributed by atoms with van der Waals surface area (Å²) in [5.41, 5.74) is 2.89. The Morgan fingerprint density at radius 2 is 2.00 bits per heavy atom. The number of halogens is 1. The van der Waals surface area contributed by atoms with Crippen LogP contribution in [-0.2, 0) is 7.05 Å². The molecule has 0 bridgehead atoms. The number of hydrogen-bond donors (Lipinski definition) is 1. The maximum Gasteiger partial charge on any atom is 0.255 e. The van der Waals surface area contributed by atoms with E-state index in [1.807, 2.05) is 38.8 Å². The molecule has 1 fully saturated rings. The minimum absolute atomic E-state index is 0.0240. The van der Waals surface area contributed by atoms with Crippen molar-refractivity contribution in [2.75, 3.05) is 12.4 Å². The van der Waals surface area contributed by atoms with Crippen molar-refractivity contribution in [1.82, 2.24) is 29.5 Å². The van der Waals surface area contributed by atoms with Crippen molar-refractivity contribution in [3.05, 3.63) is 48.9 Å². The van der Waals surface area contributed by atoms with E-state index in [1.54, 1.807) is 16.8 Å². The maximum atomic E-state index is 13.8. The van der Waals surface area contributed by atoms with E-state index in [2.05, 4.69) is 25.1 Å². The first kappa shape index (κ1) is 19.5. The van der Waals surface area contributed by atoms with Crippen LogP contribution in [0.5, 0.6) is 5.75 Å². The first-order valence-electron chi connectivity index (χ1n) is 10.4. The molecule has 0 radical (unpaired) electrons. The third-order valence-electron chi connectivity index (χ3n) is 5.83. The zero-order chi connectivity index (χ0) is 21.4. The van der Waals surface area contributed by atoms with Crippen LogP contribution < -0.4 is 10.1 Å². The summed E-state index contributed by atoms with van der Waals surface area (Å²) in [4.78, 5) is 8.16. The Kier molecular flexibility index (Phi) is 5.01. The number of nitrogens with one attached hydrogen (secondary N) is 1. The summed E-state index contributed by atoms with van der Waals surface area (Å²) in [6.07, 6.45) is 10.5. The number of fused-ring (bicyclic) bond motifs is 1. The molecule has 1 aliphatic rings. The molecule has 8 nitrogen and oxygen atoms in total. The second-order valence-electron chi connectivity index (χ2n) is 7.87. The Morgan fingerprint density at radius 1 is 1.16 bits per heavy atom. The lowest BCUT2D eigenvalue weighted by atomic mass is 9.93. The van der Waals surface area contributed by atoms with Crippen LogP contribution in [0.3, 0.4) is 0 Å². The van der Waals surface area contributed by atoms with Gasteiger partial charge in [0.25, 0.3) is 5.95 Å². The lowest BCUT2D eigenvalue weighted by Gasteiger charge is -2.29. The Morgan fingerprint density at radius 3 is 2.71 bits per heavy atom. The largest absolute Gasteiger partial charge is 0.486 e. The van der Waals surface area contributed by atoms with Crippen LogP contribution in [0.25, 0.3) is 22.2 Å². The molecule has 1 saturated carbocycles. The zero-order valence-corrected chi connectivity index (χ0v) is 17.5. The van der Waals surface area contributed by atoms with Crippen LogP contribution >= 0.6 is 0 Å². The second-order valence-corrected chi connectivity index (χ2v) is 7.87. The summed E-state index contributed by atoms with van der Waals surface area (Å²) < 4.78 is 23.6. The molecular formula is C22H24FN7O. The van der Waals surface area contributed by atoms with Gasteiger partial charge in [-0.25, -0.2) is 9.97 Å². The highest BCUT2D eigenvalue weighted by Crippen LogP contribution is 2.36. The molecule has 0 aliphatic heterocycles. The summed E-state index contributed by atoms with van der Waals surface area (Å²) in [5, 5.41) is 13.4. The van der Waals surface area contributed by atoms with Gasteiger partial charge in [-0.05, 0) is 37.8 Å². The SMILES string of the molecule is CNc1cc2c(cn1)c(-c1cnn(C)c1)nn2[C@H]1CC[C@@H](Oc2cccnc2F)CC1. The molecule has 9 heteroatoms. The topological polar surface area (TPSA) is 82.7 Å². The second kappa shape index (κ2) is 7.98. The van der Waals surface area contributed by atoms with Gasteiger partial charge < -0.3 is 10.1 Å². The quantitative estimate of drug-likeness (QED) is 0.491. The lowest BCUT2D eigenvalue weighted by Crippen LogP contribution is -2.26. The molecule has 0 aromatic carbocycles. The van der Waals surface area contributed by atoms with E-state index in [0.717, 1.165) is 53.7 Å². The van der Waals surface area contributed by atoms with Crippen LogP contribution in [0.4, 0.5) is 10.2 Å². The predicted octanol–water partition coefficient (Wildman–Crippen LogP) is 3.97. The highest BCUT2D eigenvalue weighted by atomic mass is 19.1. The van der Waals surface area contributed by atoms with Gasteiger partial charge in [0.15, 0.2) is 5.75 Å². The lowest BCUT2D eigenvalue weighted by molar-refractivity contribution is 0.125. The number of hydrogen-bond acceptors (Lipinski definition) is 6. The molecular weight excluding hydrogens is 397 g/mol. The number of anilines is 1. The van der Waals surface area contributed by atoms with Crippen molar-refractivity contribution in [1.29, 1.82) is 0 Å². The smallest absolute Gasteiger partial charge is 0.255 e. The van der Waals surface area contributed by atoms with Gasteiger partial charge in [-0.2, -0.15) is 14.6 Å². The summed E-state index contributed by atoms with van der Waals surface area (Å²) in [5.74, 6) is 0.463. The Bertz CT molecular complexity index is 1210. The van der Waals surface area contributed by atoms with Gasteiger partial charge >= 0.3 is 0 Å². The minimum atomic E-state index is -0.559. The van der Waals surface area contributed by atoms with Crippen molar-refractivity contribution in [3.63, 3.8) is 0 Å². The van der Waals surface area contributed by atoms with Gasteiger partial charge in [0.2, 0.25) is 0 Å². The fourth-order valence-corrected chi connectivity index (χ4v) is 4.25. The van der Waals surface area contributed by atoms with Crippen LogP contribution in [0, 0.1) is 5.95 Å². The summed E-state index contributed by atoms with van der Waals surface area (Å²) in [6, 6.07) is 5.59. The van der Waals surface area contributed by atoms with Gasteiger partial charge in [-0.1, -0.05) is 0 Å². The third-order valence-corrected chi connectivity index (χ3v) is 5.83. The van der Waals surface area contributed by atoms with E-state index in [-0.39, 0.29) is 17.9 Å². The monoisotopic (exact) mass is 421 g/mol. The number of ether oxygens (including phenoxy) is 1. The number of aryl methyl sites for hydroxylation is 1.